The monoisotopic (exact) mass is 288 g/mol. The molecule has 1 aromatic heterocycles. The summed E-state index contributed by atoms with van der Waals surface area (Å²) in [5, 5.41) is 2.93. The van der Waals surface area contributed by atoms with Gasteiger partial charge in [-0.3, -0.25) is 4.79 Å². The number of carbonyl (C=O) groups is 1. The molecule has 114 valence electrons. The zero-order valence-electron chi connectivity index (χ0n) is 12.6. The average Bonchev–Trinajstić information content (AvgIpc) is 2.87. The summed E-state index contributed by atoms with van der Waals surface area (Å²) in [4.78, 5) is 16.0. The van der Waals surface area contributed by atoms with Gasteiger partial charge in [0.25, 0.3) is 0 Å². The molecule has 5 nitrogen and oxygen atoms in total. The lowest BCUT2D eigenvalue weighted by Gasteiger charge is -2.10. The van der Waals surface area contributed by atoms with Gasteiger partial charge in [0.05, 0.1) is 17.4 Å². The minimum atomic E-state index is -0.0207. The molecule has 0 aliphatic carbocycles. The van der Waals surface area contributed by atoms with E-state index in [0.29, 0.717) is 13.0 Å². The van der Waals surface area contributed by atoms with Gasteiger partial charge in [-0.15, -0.1) is 0 Å². The van der Waals surface area contributed by atoms with E-state index < -0.39 is 0 Å². The molecule has 2 rings (SSSR count). The van der Waals surface area contributed by atoms with E-state index in [-0.39, 0.29) is 11.9 Å². The molecule has 1 aromatic carbocycles. The highest BCUT2D eigenvalue weighted by Gasteiger charge is 2.08. The molecule has 2 aromatic rings. The Kier molecular flexibility index (Phi) is 5.75. The van der Waals surface area contributed by atoms with Crippen LogP contribution < -0.4 is 11.1 Å². The molecule has 0 aliphatic heterocycles. The summed E-state index contributed by atoms with van der Waals surface area (Å²) in [5.74, 6) is 0.0476. The van der Waals surface area contributed by atoms with E-state index in [1.54, 1.807) is 0 Å². The lowest BCUT2D eigenvalue weighted by atomic mass is 10.1. The highest BCUT2D eigenvalue weighted by Crippen LogP contribution is 2.11. The Bertz CT molecular complexity index is 578. The van der Waals surface area contributed by atoms with Gasteiger partial charge in [-0.1, -0.05) is 25.5 Å². The third-order valence-electron chi connectivity index (χ3n) is 3.53. The molecule has 5 heteroatoms. The number of imidazole rings is 1. The Balaban J connectivity index is 1.71. The van der Waals surface area contributed by atoms with Crippen LogP contribution in [-0.2, 0) is 11.3 Å². The molecule has 0 aliphatic rings. The van der Waals surface area contributed by atoms with Crippen molar-refractivity contribution in [3.05, 3.63) is 30.6 Å². The molecule has 0 radical (unpaired) electrons. The number of nitrogens with one attached hydrogen (secondary N) is 1. The van der Waals surface area contributed by atoms with Crippen molar-refractivity contribution in [3.63, 3.8) is 0 Å². The fraction of sp³-hybridized carbons (Fsp3) is 0.500. The van der Waals surface area contributed by atoms with Gasteiger partial charge in [-0.2, -0.15) is 0 Å². The minimum absolute atomic E-state index is 0.0207. The first kappa shape index (κ1) is 15.5. The highest BCUT2D eigenvalue weighted by molar-refractivity contribution is 5.76. The summed E-state index contributed by atoms with van der Waals surface area (Å²) in [6, 6.07) is 8.04. The van der Waals surface area contributed by atoms with Gasteiger partial charge in [-0.25, -0.2) is 4.98 Å². The summed E-state index contributed by atoms with van der Waals surface area (Å²) in [6.07, 6.45) is 5.07. The second-order valence-corrected chi connectivity index (χ2v) is 5.38. The number of hydrogen-bond donors (Lipinski definition) is 2. The quantitative estimate of drug-likeness (QED) is 0.730. The smallest absolute Gasteiger partial charge is 0.221 e. The van der Waals surface area contributed by atoms with Crippen molar-refractivity contribution in [2.75, 3.05) is 6.54 Å². The van der Waals surface area contributed by atoms with Crippen molar-refractivity contribution in [2.45, 2.75) is 45.2 Å². The van der Waals surface area contributed by atoms with Crippen LogP contribution in [0.25, 0.3) is 11.0 Å². The molecule has 0 bridgehead atoms. The maximum absolute atomic E-state index is 11.7. The Morgan fingerprint density at radius 3 is 3.05 bits per heavy atom. The summed E-state index contributed by atoms with van der Waals surface area (Å²) in [6.45, 7) is 3.60. The summed E-state index contributed by atoms with van der Waals surface area (Å²) in [5.41, 5.74) is 8.00. The number of rotatable bonds is 8. The van der Waals surface area contributed by atoms with Crippen LogP contribution >= 0.6 is 0 Å². The standard InChI is InChI=1S/C16H24N4O/c1-2-6-13(17)11-16(21)18-9-5-10-20-12-19-14-7-3-4-8-15(14)20/h3-4,7-8,12-13H,2,5-6,9-11,17H2,1H3,(H,18,21). The van der Waals surface area contributed by atoms with Crippen LogP contribution in [0.2, 0.25) is 0 Å². The van der Waals surface area contributed by atoms with Crippen LogP contribution in [0.4, 0.5) is 0 Å². The fourth-order valence-corrected chi connectivity index (χ4v) is 2.45. The third kappa shape index (κ3) is 4.56. The second kappa shape index (κ2) is 7.78. The van der Waals surface area contributed by atoms with Gasteiger partial charge >= 0.3 is 0 Å². The maximum atomic E-state index is 11.7. The van der Waals surface area contributed by atoms with Crippen molar-refractivity contribution in [2.24, 2.45) is 5.73 Å². The number of aryl methyl sites for hydroxylation is 1. The normalized spacial score (nSPS) is 12.5. The number of para-hydroxylation sites is 2. The largest absolute Gasteiger partial charge is 0.356 e. The van der Waals surface area contributed by atoms with E-state index in [1.807, 2.05) is 24.5 Å². The number of nitrogens with two attached hydrogens (primary N) is 1. The van der Waals surface area contributed by atoms with Crippen LogP contribution in [0, 0.1) is 0 Å². The van der Waals surface area contributed by atoms with Gasteiger partial charge in [0, 0.05) is 25.6 Å². The summed E-state index contributed by atoms with van der Waals surface area (Å²) >= 11 is 0. The number of hydrogen-bond acceptors (Lipinski definition) is 3. The SMILES string of the molecule is CCCC(N)CC(=O)NCCCn1cnc2ccccc21. The van der Waals surface area contributed by atoms with Crippen molar-refractivity contribution in [1.82, 2.24) is 14.9 Å². The van der Waals surface area contributed by atoms with Crippen LogP contribution in [0.15, 0.2) is 30.6 Å². The predicted octanol–water partition coefficient (Wildman–Crippen LogP) is 2.06. The zero-order valence-corrected chi connectivity index (χ0v) is 12.6. The summed E-state index contributed by atoms with van der Waals surface area (Å²) < 4.78 is 2.12. The molecule has 1 unspecified atom stereocenters. The van der Waals surface area contributed by atoms with Crippen LogP contribution in [0.5, 0.6) is 0 Å². The molecule has 0 spiro atoms. The first-order valence-electron chi connectivity index (χ1n) is 7.63. The first-order valence-corrected chi connectivity index (χ1v) is 7.63. The zero-order chi connectivity index (χ0) is 15.1. The predicted molar refractivity (Wildman–Crippen MR) is 84.9 cm³/mol. The maximum Gasteiger partial charge on any atom is 0.221 e. The van der Waals surface area contributed by atoms with Crippen molar-refractivity contribution in [3.8, 4) is 0 Å². The molecule has 0 fully saturated rings. The topological polar surface area (TPSA) is 72.9 Å². The molecule has 1 heterocycles. The van der Waals surface area contributed by atoms with E-state index in [4.69, 9.17) is 5.73 Å². The van der Waals surface area contributed by atoms with Crippen LogP contribution in [-0.4, -0.2) is 28.0 Å². The third-order valence-corrected chi connectivity index (χ3v) is 3.53. The molecule has 21 heavy (non-hydrogen) atoms. The Labute approximate surface area is 125 Å². The summed E-state index contributed by atoms with van der Waals surface area (Å²) in [7, 11) is 0. The van der Waals surface area contributed by atoms with E-state index in [1.165, 1.54) is 0 Å². The fourth-order valence-electron chi connectivity index (χ4n) is 2.45. The number of carbonyl (C=O) groups excluding carboxylic acids is 1. The van der Waals surface area contributed by atoms with Crippen LogP contribution in [0.1, 0.15) is 32.6 Å². The number of aromatic nitrogens is 2. The van der Waals surface area contributed by atoms with Gasteiger partial charge in [0.15, 0.2) is 0 Å². The second-order valence-electron chi connectivity index (χ2n) is 5.38. The van der Waals surface area contributed by atoms with Crippen molar-refractivity contribution in [1.29, 1.82) is 0 Å². The Morgan fingerprint density at radius 2 is 2.24 bits per heavy atom. The minimum Gasteiger partial charge on any atom is -0.356 e. The van der Waals surface area contributed by atoms with E-state index >= 15 is 0 Å². The van der Waals surface area contributed by atoms with Gasteiger partial charge < -0.3 is 15.6 Å². The number of amides is 1. The Hall–Kier alpha value is -1.88. The molecular formula is C16H24N4O. The molecule has 1 atom stereocenters. The van der Waals surface area contributed by atoms with Crippen molar-refractivity contribution >= 4 is 16.9 Å². The molecular weight excluding hydrogens is 264 g/mol. The molecule has 3 N–H and O–H groups in total. The molecule has 0 saturated carbocycles. The van der Waals surface area contributed by atoms with Gasteiger partial charge in [0.1, 0.15) is 0 Å². The first-order chi connectivity index (χ1) is 10.2. The van der Waals surface area contributed by atoms with Crippen LogP contribution in [0.3, 0.4) is 0 Å². The van der Waals surface area contributed by atoms with E-state index in [2.05, 4.69) is 27.9 Å². The van der Waals surface area contributed by atoms with E-state index in [9.17, 15) is 4.79 Å². The van der Waals surface area contributed by atoms with Gasteiger partial charge in [0.2, 0.25) is 5.91 Å². The lowest BCUT2D eigenvalue weighted by Crippen LogP contribution is -2.32. The number of fused-ring (bicyclic) bond motifs is 1. The molecule has 0 saturated heterocycles. The van der Waals surface area contributed by atoms with Crippen molar-refractivity contribution < 1.29 is 4.79 Å². The number of benzene rings is 1. The van der Waals surface area contributed by atoms with E-state index in [0.717, 1.165) is 36.8 Å². The average molecular weight is 288 g/mol. The van der Waals surface area contributed by atoms with Gasteiger partial charge in [-0.05, 0) is 25.0 Å². The Morgan fingerprint density at radius 1 is 1.43 bits per heavy atom. The lowest BCUT2D eigenvalue weighted by molar-refractivity contribution is -0.121. The number of nitrogens with zero attached hydrogens (tertiary/aromatic N) is 2. The molecule has 1 amide bonds. The highest BCUT2D eigenvalue weighted by atomic mass is 16.1.